The number of carbonyl (C=O) groups is 2. The van der Waals surface area contributed by atoms with Gasteiger partial charge in [-0.05, 0) is 44.7 Å². The van der Waals surface area contributed by atoms with Gasteiger partial charge in [-0.1, -0.05) is 43.7 Å². The van der Waals surface area contributed by atoms with Crippen LogP contribution >= 0.6 is 0 Å². The quantitative estimate of drug-likeness (QED) is 0.652. The summed E-state index contributed by atoms with van der Waals surface area (Å²) >= 11 is 0. The molecule has 2 fully saturated rings. The fourth-order valence-electron chi connectivity index (χ4n) is 4.80. The summed E-state index contributed by atoms with van der Waals surface area (Å²) in [5, 5.41) is 3.56. The van der Waals surface area contributed by atoms with Crippen molar-refractivity contribution in [3.8, 4) is 0 Å². The first-order chi connectivity index (χ1) is 12.9. The van der Waals surface area contributed by atoms with Crippen LogP contribution in [0.15, 0.2) is 35.9 Å². The Labute approximate surface area is 160 Å². The van der Waals surface area contributed by atoms with Gasteiger partial charge in [-0.2, -0.15) is 0 Å². The van der Waals surface area contributed by atoms with Crippen molar-refractivity contribution < 1.29 is 14.3 Å². The van der Waals surface area contributed by atoms with Crippen LogP contribution in [0.4, 0.5) is 5.69 Å². The topological polar surface area (TPSA) is 58.6 Å². The van der Waals surface area contributed by atoms with E-state index in [9.17, 15) is 9.59 Å². The van der Waals surface area contributed by atoms with Gasteiger partial charge in [0.25, 0.3) is 5.91 Å². The highest BCUT2D eigenvalue weighted by molar-refractivity contribution is 5.95. The molecule has 27 heavy (non-hydrogen) atoms. The Morgan fingerprint density at radius 2 is 2.11 bits per heavy atom. The molecule has 1 aromatic rings. The van der Waals surface area contributed by atoms with E-state index in [1.165, 1.54) is 11.1 Å². The maximum atomic E-state index is 13.3. The average molecular weight is 368 g/mol. The third-order valence-corrected chi connectivity index (χ3v) is 6.50. The van der Waals surface area contributed by atoms with E-state index >= 15 is 0 Å². The van der Waals surface area contributed by atoms with Crippen molar-refractivity contribution in [2.45, 2.75) is 70.7 Å². The molecule has 0 saturated carbocycles. The van der Waals surface area contributed by atoms with Gasteiger partial charge in [0, 0.05) is 17.0 Å². The fraction of sp³-hybridized carbons (Fsp3) is 0.545. The monoisotopic (exact) mass is 368 g/mol. The van der Waals surface area contributed by atoms with Crippen LogP contribution in [-0.2, 0) is 19.7 Å². The van der Waals surface area contributed by atoms with E-state index in [0.717, 1.165) is 18.5 Å². The first-order valence-electron chi connectivity index (χ1n) is 9.91. The number of carbonyl (C=O) groups excluding carboxylic acids is 2. The molecule has 5 heteroatoms. The van der Waals surface area contributed by atoms with Gasteiger partial charge in [0.1, 0.15) is 12.2 Å². The van der Waals surface area contributed by atoms with Crippen LogP contribution in [0.5, 0.6) is 0 Å². The standard InChI is InChI=1S/C22H28N2O3/c1-5-14(4)18-19(25)24-17(20(26)27-18)12-22(11-10-13(2)3)15-8-6-7-9-16(15)23-21(22)24/h6-10,14,17-18,21,23H,5,11-12H2,1-4H3/t14-,17-,18-,21+,22+/m1/s1. The number of hydrogen-bond donors (Lipinski definition) is 1. The molecule has 1 amide bonds. The largest absolute Gasteiger partial charge is 0.450 e. The van der Waals surface area contributed by atoms with E-state index in [0.29, 0.717) is 6.42 Å². The van der Waals surface area contributed by atoms with E-state index in [2.05, 4.69) is 37.4 Å². The number of fused-ring (bicyclic) bond motifs is 5. The first kappa shape index (κ1) is 18.1. The number of rotatable bonds is 4. The van der Waals surface area contributed by atoms with Gasteiger partial charge in [0.2, 0.25) is 0 Å². The van der Waals surface area contributed by atoms with E-state index < -0.39 is 12.1 Å². The summed E-state index contributed by atoms with van der Waals surface area (Å²) in [7, 11) is 0. The number of benzene rings is 1. The molecule has 0 radical (unpaired) electrons. The molecule has 0 aromatic heterocycles. The number of nitrogens with zero attached hydrogens (tertiary/aromatic N) is 1. The first-order valence-corrected chi connectivity index (χ1v) is 9.91. The van der Waals surface area contributed by atoms with Crippen LogP contribution in [0.1, 0.15) is 52.5 Å². The van der Waals surface area contributed by atoms with Gasteiger partial charge < -0.3 is 15.0 Å². The second-order valence-electron chi connectivity index (χ2n) is 8.44. The summed E-state index contributed by atoms with van der Waals surface area (Å²) < 4.78 is 5.62. The van der Waals surface area contributed by atoms with E-state index in [4.69, 9.17) is 4.74 Å². The summed E-state index contributed by atoms with van der Waals surface area (Å²) in [6, 6.07) is 7.72. The molecule has 2 saturated heterocycles. The SMILES string of the molecule is CC[C@@H](C)[C@H]1OC(=O)[C@H]2C[C@@]3(CC=C(C)C)c4ccccc4N[C@H]3N2C1=O. The highest BCUT2D eigenvalue weighted by Crippen LogP contribution is 2.54. The molecule has 4 rings (SSSR count). The van der Waals surface area contributed by atoms with Crippen molar-refractivity contribution in [2.75, 3.05) is 5.32 Å². The van der Waals surface area contributed by atoms with Gasteiger partial charge in [0.15, 0.2) is 6.10 Å². The van der Waals surface area contributed by atoms with Gasteiger partial charge >= 0.3 is 5.97 Å². The molecule has 5 nitrogen and oxygen atoms in total. The molecule has 3 aliphatic heterocycles. The third kappa shape index (κ3) is 2.59. The zero-order valence-corrected chi connectivity index (χ0v) is 16.5. The minimum atomic E-state index is -0.677. The molecular weight excluding hydrogens is 340 g/mol. The molecule has 5 atom stereocenters. The van der Waals surface area contributed by atoms with Gasteiger partial charge in [-0.25, -0.2) is 4.79 Å². The number of esters is 1. The van der Waals surface area contributed by atoms with Crippen molar-refractivity contribution in [3.63, 3.8) is 0 Å². The van der Waals surface area contributed by atoms with Crippen molar-refractivity contribution in [2.24, 2.45) is 5.92 Å². The van der Waals surface area contributed by atoms with Crippen LogP contribution in [0, 0.1) is 5.92 Å². The number of morpholine rings is 1. The average Bonchev–Trinajstić information content (AvgIpc) is 3.14. The lowest BCUT2D eigenvalue weighted by Crippen LogP contribution is -2.59. The lowest BCUT2D eigenvalue weighted by Gasteiger charge is -2.39. The molecule has 3 aliphatic rings. The second-order valence-corrected chi connectivity index (χ2v) is 8.44. The van der Waals surface area contributed by atoms with Crippen LogP contribution in [-0.4, -0.2) is 35.1 Å². The Bertz CT molecular complexity index is 814. The summed E-state index contributed by atoms with van der Waals surface area (Å²) in [5.74, 6) is -0.303. The number of amides is 1. The van der Waals surface area contributed by atoms with Crippen LogP contribution in [0.25, 0.3) is 0 Å². The zero-order valence-electron chi connectivity index (χ0n) is 16.5. The maximum Gasteiger partial charge on any atom is 0.329 e. The molecule has 0 bridgehead atoms. The normalized spacial score (nSPS) is 32.1. The minimum Gasteiger partial charge on any atom is -0.450 e. The Kier molecular flexibility index (Phi) is 4.28. The fourth-order valence-corrected chi connectivity index (χ4v) is 4.80. The molecule has 3 heterocycles. The number of nitrogens with one attached hydrogen (secondary N) is 1. The number of allylic oxidation sites excluding steroid dienone is 2. The van der Waals surface area contributed by atoms with Gasteiger partial charge in [-0.3, -0.25) is 4.79 Å². The molecule has 0 aliphatic carbocycles. The number of anilines is 1. The van der Waals surface area contributed by atoms with Crippen molar-refractivity contribution in [1.29, 1.82) is 0 Å². The lowest BCUT2D eigenvalue weighted by molar-refractivity contribution is -0.180. The van der Waals surface area contributed by atoms with Crippen molar-refractivity contribution in [3.05, 3.63) is 41.5 Å². The van der Waals surface area contributed by atoms with Crippen LogP contribution < -0.4 is 5.32 Å². The molecule has 1 N–H and O–H groups in total. The van der Waals surface area contributed by atoms with Crippen molar-refractivity contribution in [1.82, 2.24) is 4.90 Å². The molecule has 1 aromatic carbocycles. The Hall–Kier alpha value is -2.30. The minimum absolute atomic E-state index is 0.0129. The van der Waals surface area contributed by atoms with Crippen LogP contribution in [0.2, 0.25) is 0 Å². The zero-order chi connectivity index (χ0) is 19.3. The number of para-hydroxylation sites is 1. The number of ether oxygens (including phenoxy) is 1. The summed E-state index contributed by atoms with van der Waals surface area (Å²) in [4.78, 5) is 27.9. The molecule has 0 unspecified atom stereocenters. The van der Waals surface area contributed by atoms with Gasteiger partial charge in [0.05, 0.1) is 0 Å². The smallest absolute Gasteiger partial charge is 0.329 e. The lowest BCUT2D eigenvalue weighted by atomic mass is 9.75. The van der Waals surface area contributed by atoms with E-state index in [1.54, 1.807) is 4.90 Å². The van der Waals surface area contributed by atoms with E-state index in [1.807, 2.05) is 26.0 Å². The van der Waals surface area contributed by atoms with E-state index in [-0.39, 0.29) is 29.4 Å². The highest BCUT2D eigenvalue weighted by atomic mass is 16.6. The Morgan fingerprint density at radius 1 is 1.37 bits per heavy atom. The van der Waals surface area contributed by atoms with Crippen LogP contribution in [0.3, 0.4) is 0 Å². The second kappa shape index (κ2) is 6.39. The third-order valence-electron chi connectivity index (χ3n) is 6.50. The molecule has 0 spiro atoms. The summed E-state index contributed by atoms with van der Waals surface area (Å²) in [6.45, 7) is 8.16. The predicted molar refractivity (Wildman–Crippen MR) is 104 cm³/mol. The maximum absolute atomic E-state index is 13.3. The summed E-state index contributed by atoms with van der Waals surface area (Å²) in [6.07, 6.45) is 3.53. The number of cyclic esters (lactones) is 1. The Balaban J connectivity index is 1.78. The molecule has 144 valence electrons. The molecular formula is C22H28N2O3. The predicted octanol–water partition coefficient (Wildman–Crippen LogP) is 3.60. The van der Waals surface area contributed by atoms with Gasteiger partial charge in [-0.15, -0.1) is 0 Å². The highest BCUT2D eigenvalue weighted by Gasteiger charge is 2.63. The van der Waals surface area contributed by atoms with Crippen molar-refractivity contribution >= 4 is 17.6 Å². The summed E-state index contributed by atoms with van der Waals surface area (Å²) in [5.41, 5.74) is 3.21. The Morgan fingerprint density at radius 3 is 2.81 bits per heavy atom. The number of hydrogen-bond acceptors (Lipinski definition) is 4.